The zero-order valence-electron chi connectivity index (χ0n) is 17.2. The number of nitrogens with two attached hydrogens (primary N) is 1. The summed E-state index contributed by atoms with van der Waals surface area (Å²) in [6.45, 7) is 0. The van der Waals surface area contributed by atoms with Gasteiger partial charge in [0, 0.05) is 12.3 Å². The second-order valence-electron chi connectivity index (χ2n) is 9.05. The Morgan fingerprint density at radius 2 is 1.75 bits per heavy atom. The number of hydrogen-bond acceptors (Lipinski definition) is 7. The fraction of sp³-hybridized carbons (Fsp3) is 0.375. The molecule has 3 aliphatic carbocycles. The Labute approximate surface area is 183 Å². The molecule has 6 N–H and O–H groups in total. The van der Waals surface area contributed by atoms with E-state index in [0.29, 0.717) is 10.9 Å². The first-order valence-electron chi connectivity index (χ1n) is 10.7. The van der Waals surface area contributed by atoms with Gasteiger partial charge >= 0.3 is 0 Å². The number of aromatic hydroxyl groups is 2. The third kappa shape index (κ3) is 2.56. The molecule has 5 rings (SSSR count). The summed E-state index contributed by atoms with van der Waals surface area (Å²) in [5, 5.41) is 44.1. The van der Waals surface area contributed by atoms with E-state index in [1.807, 2.05) is 6.07 Å². The Morgan fingerprint density at radius 3 is 2.41 bits per heavy atom. The largest absolute Gasteiger partial charge is 0.508 e. The molecule has 0 spiro atoms. The van der Waals surface area contributed by atoms with Gasteiger partial charge in [0.25, 0.3) is 5.91 Å². The van der Waals surface area contributed by atoms with E-state index in [9.17, 15) is 34.8 Å². The summed E-state index contributed by atoms with van der Waals surface area (Å²) in [7, 11) is 0. The molecule has 2 aromatic carbocycles. The molecule has 0 heterocycles. The van der Waals surface area contributed by atoms with Crippen molar-refractivity contribution in [2.75, 3.05) is 0 Å². The van der Waals surface area contributed by atoms with E-state index in [-0.39, 0.29) is 35.5 Å². The van der Waals surface area contributed by atoms with E-state index in [2.05, 4.69) is 0 Å². The van der Waals surface area contributed by atoms with Gasteiger partial charge in [0.2, 0.25) is 5.78 Å². The van der Waals surface area contributed by atoms with Crippen LogP contribution in [0.4, 0.5) is 0 Å². The molecule has 0 unspecified atom stereocenters. The van der Waals surface area contributed by atoms with Crippen molar-refractivity contribution in [1.82, 2.24) is 0 Å². The molecule has 0 aliphatic heterocycles. The molecule has 0 saturated heterocycles. The van der Waals surface area contributed by atoms with Crippen LogP contribution in [0.5, 0.6) is 11.5 Å². The van der Waals surface area contributed by atoms with Crippen LogP contribution in [0.25, 0.3) is 10.8 Å². The summed E-state index contributed by atoms with van der Waals surface area (Å²) in [5.74, 6) is -5.52. The molecular weight excluding hydrogens is 414 g/mol. The number of primary amides is 1. The van der Waals surface area contributed by atoms with Gasteiger partial charge in [-0.15, -0.1) is 0 Å². The third-order valence-corrected chi connectivity index (χ3v) is 7.35. The maximum Gasteiger partial charge on any atom is 0.255 e. The Kier molecular flexibility index (Phi) is 4.36. The third-order valence-electron chi connectivity index (χ3n) is 7.35. The number of hydrogen-bond donors (Lipinski definition) is 5. The van der Waals surface area contributed by atoms with E-state index >= 15 is 0 Å². The van der Waals surface area contributed by atoms with Crippen LogP contribution in [0, 0.1) is 5.92 Å². The first-order chi connectivity index (χ1) is 15.2. The van der Waals surface area contributed by atoms with Gasteiger partial charge in [0.1, 0.15) is 22.8 Å². The van der Waals surface area contributed by atoms with Gasteiger partial charge in [-0.1, -0.05) is 18.9 Å². The molecule has 8 heteroatoms. The van der Waals surface area contributed by atoms with Crippen molar-refractivity contribution in [1.29, 1.82) is 0 Å². The standard InChI is InChI=1S/C24H23NO7/c25-23(31)19-16(27)9-12-7-11-8-14-13(10-3-1-2-4-10)5-6-15(26)18(14)20(28)17(11)21(29)24(12,32)22(19)30/h5-6,8,10,12,26,28,30,32H,1-4,7,9H2,(H2,25,31)/t12-,24-/m0/s1. The van der Waals surface area contributed by atoms with Crippen LogP contribution >= 0.6 is 0 Å². The van der Waals surface area contributed by atoms with Crippen molar-refractivity contribution >= 4 is 28.2 Å². The second kappa shape index (κ2) is 6.80. The maximum atomic E-state index is 13.4. The number of benzene rings is 2. The number of fused-ring (bicyclic) bond motifs is 3. The molecule has 2 atom stereocenters. The smallest absolute Gasteiger partial charge is 0.255 e. The Bertz CT molecular complexity index is 1250. The number of rotatable bonds is 2. The van der Waals surface area contributed by atoms with Crippen LogP contribution < -0.4 is 5.73 Å². The summed E-state index contributed by atoms with van der Waals surface area (Å²) in [4.78, 5) is 37.5. The number of carbonyl (C=O) groups is 3. The Hall–Kier alpha value is -3.39. The summed E-state index contributed by atoms with van der Waals surface area (Å²) >= 11 is 0. The molecule has 3 aliphatic rings. The van der Waals surface area contributed by atoms with E-state index < -0.39 is 46.1 Å². The lowest BCUT2D eigenvalue weighted by molar-refractivity contribution is -0.125. The number of phenolic OH excluding ortho intramolecular Hbond substituents is 2. The van der Waals surface area contributed by atoms with Crippen molar-refractivity contribution < 1.29 is 34.8 Å². The predicted molar refractivity (Wildman–Crippen MR) is 113 cm³/mol. The Morgan fingerprint density at radius 1 is 1.06 bits per heavy atom. The van der Waals surface area contributed by atoms with E-state index in [0.717, 1.165) is 31.2 Å². The van der Waals surface area contributed by atoms with Gasteiger partial charge in [-0.05, 0) is 53.8 Å². The van der Waals surface area contributed by atoms with Crippen LogP contribution in [0.1, 0.15) is 59.5 Å². The van der Waals surface area contributed by atoms with Gasteiger partial charge in [-0.2, -0.15) is 0 Å². The van der Waals surface area contributed by atoms with Gasteiger partial charge in [0.05, 0.1) is 10.9 Å². The number of Topliss-reactive ketones (excluding diaryl/α,β-unsaturated/α-hetero) is 2. The normalized spacial score (nSPS) is 25.8. The maximum absolute atomic E-state index is 13.4. The van der Waals surface area contributed by atoms with Crippen LogP contribution in [0.2, 0.25) is 0 Å². The van der Waals surface area contributed by atoms with Crippen molar-refractivity contribution in [2.24, 2.45) is 11.7 Å². The molecule has 166 valence electrons. The fourth-order valence-corrected chi connectivity index (χ4v) is 5.77. The molecule has 1 saturated carbocycles. The highest BCUT2D eigenvalue weighted by atomic mass is 16.3. The second-order valence-corrected chi connectivity index (χ2v) is 9.05. The number of carbonyl (C=O) groups excluding carboxylic acids is 3. The van der Waals surface area contributed by atoms with Crippen molar-refractivity contribution in [2.45, 2.75) is 50.0 Å². The van der Waals surface area contributed by atoms with Crippen molar-refractivity contribution in [3.8, 4) is 11.5 Å². The summed E-state index contributed by atoms with van der Waals surface area (Å²) < 4.78 is 0. The Balaban J connectivity index is 1.76. The molecule has 0 aromatic heterocycles. The topological polar surface area (TPSA) is 158 Å². The van der Waals surface area contributed by atoms with Gasteiger partial charge in [-0.3, -0.25) is 14.4 Å². The zero-order valence-corrected chi connectivity index (χ0v) is 17.2. The molecule has 1 amide bonds. The molecule has 1 fully saturated rings. The minimum atomic E-state index is -2.56. The van der Waals surface area contributed by atoms with Crippen LogP contribution in [0.3, 0.4) is 0 Å². The lowest BCUT2D eigenvalue weighted by Gasteiger charge is -2.41. The van der Waals surface area contributed by atoms with Gasteiger partial charge in [-0.25, -0.2) is 0 Å². The zero-order chi connectivity index (χ0) is 22.9. The fourth-order valence-electron chi connectivity index (χ4n) is 5.77. The number of aliphatic hydroxyl groups is 2. The SMILES string of the molecule is NC(=O)C1=C(O)[C@@]2(O)C(=O)c3c(cc4c(C5CCCC5)ccc(O)c4c3O)C[C@H]2CC1=O. The van der Waals surface area contributed by atoms with Gasteiger partial charge in [0.15, 0.2) is 11.4 Å². The van der Waals surface area contributed by atoms with Crippen molar-refractivity contribution in [3.05, 3.63) is 46.2 Å². The summed E-state index contributed by atoms with van der Waals surface area (Å²) in [6.07, 6.45) is 3.83. The number of amides is 1. The minimum absolute atomic E-state index is 0.0165. The highest BCUT2D eigenvalue weighted by molar-refractivity contribution is 6.23. The lowest BCUT2D eigenvalue weighted by atomic mass is 9.64. The average molecular weight is 437 g/mol. The van der Waals surface area contributed by atoms with Crippen LogP contribution in [-0.2, 0) is 16.0 Å². The van der Waals surface area contributed by atoms with Crippen molar-refractivity contribution in [3.63, 3.8) is 0 Å². The molecule has 0 radical (unpaired) electrons. The monoisotopic (exact) mass is 437 g/mol. The molecule has 32 heavy (non-hydrogen) atoms. The lowest BCUT2D eigenvalue weighted by Crippen LogP contribution is -2.56. The highest BCUT2D eigenvalue weighted by Gasteiger charge is 2.57. The van der Waals surface area contributed by atoms with E-state index in [4.69, 9.17) is 5.73 Å². The molecule has 0 bridgehead atoms. The molecular formula is C24H23NO7. The highest BCUT2D eigenvalue weighted by Crippen LogP contribution is 2.50. The first-order valence-corrected chi connectivity index (χ1v) is 10.7. The average Bonchev–Trinajstić information content (AvgIpc) is 3.25. The molecule has 8 nitrogen and oxygen atoms in total. The number of ketones is 2. The van der Waals surface area contributed by atoms with E-state index in [1.165, 1.54) is 6.07 Å². The number of phenols is 2. The van der Waals surface area contributed by atoms with Gasteiger partial charge < -0.3 is 26.2 Å². The predicted octanol–water partition coefficient (Wildman–Crippen LogP) is 2.26. The summed E-state index contributed by atoms with van der Waals surface area (Å²) in [6, 6.07) is 5.04. The molecule has 2 aromatic rings. The minimum Gasteiger partial charge on any atom is -0.508 e. The quantitative estimate of drug-likeness (QED) is 0.451. The first kappa shape index (κ1) is 20.5. The van der Waals surface area contributed by atoms with E-state index in [1.54, 1.807) is 6.07 Å². The summed E-state index contributed by atoms with van der Waals surface area (Å²) in [5.41, 5.74) is 2.98. The van der Waals surface area contributed by atoms with Crippen LogP contribution in [-0.4, -0.2) is 43.5 Å². The van der Waals surface area contributed by atoms with Crippen LogP contribution in [0.15, 0.2) is 29.5 Å². The number of aliphatic hydroxyl groups excluding tert-OH is 1.